The summed E-state index contributed by atoms with van der Waals surface area (Å²) in [7, 11) is 0. The van der Waals surface area contributed by atoms with E-state index >= 15 is 0 Å². The highest BCUT2D eigenvalue weighted by molar-refractivity contribution is 5.79. The largest absolute Gasteiger partial charge is 0.390 e. The molecular weight excluding hydrogens is 296 g/mol. The van der Waals surface area contributed by atoms with Crippen molar-refractivity contribution >= 4 is 6.21 Å². The lowest BCUT2D eigenvalue weighted by molar-refractivity contribution is 0.132. The molecule has 1 radical (unpaired) electrons. The number of benzene rings is 3. The summed E-state index contributed by atoms with van der Waals surface area (Å²) in [6, 6.07) is 27.5. The Morgan fingerprint density at radius 1 is 0.750 bits per heavy atom. The Kier molecular flexibility index (Phi) is 5.01. The van der Waals surface area contributed by atoms with E-state index in [1.165, 1.54) is 11.1 Å². The molecule has 0 saturated heterocycles. The Hall–Kier alpha value is -3.38. The summed E-state index contributed by atoms with van der Waals surface area (Å²) in [6.45, 7) is 0.387. The van der Waals surface area contributed by atoms with Gasteiger partial charge in [-0.1, -0.05) is 71.9 Å². The van der Waals surface area contributed by atoms with Crippen molar-refractivity contribution in [2.75, 3.05) is 0 Å². The van der Waals surface area contributed by atoms with Gasteiger partial charge in [0.15, 0.2) is 0 Å². The molecule has 24 heavy (non-hydrogen) atoms. The van der Waals surface area contributed by atoms with Gasteiger partial charge in [0.25, 0.3) is 0 Å². The van der Waals surface area contributed by atoms with Crippen molar-refractivity contribution in [1.29, 1.82) is 5.26 Å². The van der Waals surface area contributed by atoms with E-state index in [1.54, 1.807) is 24.3 Å². The van der Waals surface area contributed by atoms with Crippen LogP contribution in [0.5, 0.6) is 0 Å². The van der Waals surface area contributed by atoms with Crippen molar-refractivity contribution in [2.24, 2.45) is 5.16 Å². The molecule has 3 nitrogen and oxygen atoms in total. The number of hydrogen-bond acceptors (Lipinski definition) is 3. The van der Waals surface area contributed by atoms with Gasteiger partial charge in [0.1, 0.15) is 12.8 Å². The highest BCUT2D eigenvalue weighted by atomic mass is 16.6. The summed E-state index contributed by atoms with van der Waals surface area (Å²) in [5.74, 6) is 0. The Morgan fingerprint density at radius 2 is 1.38 bits per heavy atom. The normalized spacial score (nSPS) is 10.5. The Balaban J connectivity index is 1.55. The van der Waals surface area contributed by atoms with Gasteiger partial charge < -0.3 is 4.84 Å². The van der Waals surface area contributed by atoms with Crippen LogP contribution in [-0.2, 0) is 11.4 Å². The van der Waals surface area contributed by atoms with E-state index in [-0.39, 0.29) is 0 Å². The van der Waals surface area contributed by atoms with E-state index in [0.717, 1.165) is 11.1 Å². The van der Waals surface area contributed by atoms with Crippen molar-refractivity contribution in [3.8, 4) is 17.2 Å². The molecule has 0 heterocycles. The van der Waals surface area contributed by atoms with E-state index in [0.29, 0.717) is 12.2 Å². The molecule has 0 unspecified atom stereocenters. The highest BCUT2D eigenvalue weighted by Crippen LogP contribution is 2.19. The average Bonchev–Trinajstić information content (AvgIpc) is 2.67. The Bertz CT molecular complexity index is 845. The lowest BCUT2D eigenvalue weighted by Crippen LogP contribution is -1.89. The van der Waals surface area contributed by atoms with Gasteiger partial charge in [0.05, 0.1) is 11.6 Å². The van der Waals surface area contributed by atoms with Gasteiger partial charge in [-0.3, -0.25) is 0 Å². The molecule has 0 aliphatic carbocycles. The van der Waals surface area contributed by atoms with E-state index in [9.17, 15) is 0 Å². The predicted octanol–water partition coefficient (Wildman–Crippen LogP) is 4.65. The van der Waals surface area contributed by atoms with Crippen LogP contribution in [0.4, 0.5) is 0 Å². The molecule has 3 heteroatoms. The standard InChI is InChI=1S/C21H15N2O/c22-14-17-6-8-18(9-7-17)15-23-24-16-19-10-12-21(13-11-19)20-4-2-1-3-5-20/h1-13H,16H2. The summed E-state index contributed by atoms with van der Waals surface area (Å²) >= 11 is 0. The fraction of sp³-hybridized carbons (Fsp3) is 0.0476. The van der Waals surface area contributed by atoms with Crippen molar-refractivity contribution in [1.82, 2.24) is 0 Å². The van der Waals surface area contributed by atoms with Crippen LogP contribution >= 0.6 is 0 Å². The molecule has 3 rings (SSSR count). The summed E-state index contributed by atoms with van der Waals surface area (Å²) in [4.78, 5) is 5.27. The van der Waals surface area contributed by atoms with E-state index in [4.69, 9.17) is 10.1 Å². The van der Waals surface area contributed by atoms with Gasteiger partial charge in [-0.05, 0) is 28.8 Å². The molecule has 0 aliphatic rings. The van der Waals surface area contributed by atoms with Gasteiger partial charge in [-0.2, -0.15) is 5.26 Å². The second kappa shape index (κ2) is 7.75. The van der Waals surface area contributed by atoms with Crippen LogP contribution in [0.15, 0.2) is 84.0 Å². The molecule has 0 aliphatic heterocycles. The maximum absolute atomic E-state index is 8.74. The van der Waals surface area contributed by atoms with E-state index in [2.05, 4.69) is 41.7 Å². The first-order valence-electron chi connectivity index (χ1n) is 7.58. The van der Waals surface area contributed by atoms with Gasteiger partial charge in [0, 0.05) is 5.56 Å². The zero-order valence-corrected chi connectivity index (χ0v) is 13.0. The fourth-order valence-corrected chi connectivity index (χ4v) is 2.24. The van der Waals surface area contributed by atoms with E-state index < -0.39 is 0 Å². The molecule has 3 aromatic rings. The molecule has 0 bridgehead atoms. The van der Waals surface area contributed by atoms with Crippen LogP contribution in [-0.4, -0.2) is 6.21 Å². The predicted molar refractivity (Wildman–Crippen MR) is 94.4 cm³/mol. The fourth-order valence-electron chi connectivity index (χ4n) is 2.24. The second-order valence-corrected chi connectivity index (χ2v) is 5.23. The van der Waals surface area contributed by atoms with Crippen LogP contribution in [0.2, 0.25) is 0 Å². The number of hydrogen-bond donors (Lipinski definition) is 0. The first-order chi connectivity index (χ1) is 11.8. The Labute approximate surface area is 141 Å². The molecule has 115 valence electrons. The Morgan fingerprint density at radius 3 is 2.04 bits per heavy atom. The van der Waals surface area contributed by atoms with Crippen molar-refractivity contribution < 1.29 is 4.84 Å². The minimum absolute atomic E-state index is 0.387. The molecule has 0 amide bonds. The minimum atomic E-state index is 0.387. The quantitative estimate of drug-likeness (QED) is 0.508. The molecule has 0 atom stereocenters. The van der Waals surface area contributed by atoms with E-state index in [1.807, 2.05) is 30.3 Å². The number of nitrogens with zero attached hydrogens (tertiary/aromatic N) is 2. The third-order valence-corrected chi connectivity index (χ3v) is 3.55. The van der Waals surface area contributed by atoms with Gasteiger partial charge in [-0.15, -0.1) is 0 Å². The van der Waals surface area contributed by atoms with Crippen LogP contribution in [0.1, 0.15) is 16.7 Å². The molecule has 0 spiro atoms. The molecule has 0 N–H and O–H groups in total. The zero-order valence-electron chi connectivity index (χ0n) is 13.0. The smallest absolute Gasteiger partial charge is 0.142 e. The molecule has 0 saturated carbocycles. The summed E-state index contributed by atoms with van der Waals surface area (Å²) in [5.41, 5.74) is 4.79. The summed E-state index contributed by atoms with van der Waals surface area (Å²) in [6.07, 6.45) is 2.80. The van der Waals surface area contributed by atoms with Crippen molar-refractivity contribution in [2.45, 2.75) is 6.61 Å². The zero-order chi connectivity index (χ0) is 16.6. The maximum Gasteiger partial charge on any atom is 0.142 e. The minimum Gasteiger partial charge on any atom is -0.390 e. The summed E-state index contributed by atoms with van der Waals surface area (Å²) in [5, 5.41) is 12.6. The van der Waals surface area contributed by atoms with Crippen LogP contribution in [0.25, 0.3) is 11.1 Å². The van der Waals surface area contributed by atoms with Crippen molar-refractivity contribution in [3.63, 3.8) is 0 Å². The third-order valence-electron chi connectivity index (χ3n) is 3.55. The second-order valence-electron chi connectivity index (χ2n) is 5.23. The maximum atomic E-state index is 8.74. The van der Waals surface area contributed by atoms with Crippen molar-refractivity contribution in [3.05, 3.63) is 95.6 Å². The van der Waals surface area contributed by atoms with Crippen LogP contribution in [0.3, 0.4) is 0 Å². The van der Waals surface area contributed by atoms with Gasteiger partial charge in [0.2, 0.25) is 0 Å². The molecule has 3 aromatic carbocycles. The van der Waals surface area contributed by atoms with Gasteiger partial charge >= 0.3 is 0 Å². The lowest BCUT2D eigenvalue weighted by atomic mass is 10.0. The first kappa shape index (κ1) is 15.5. The summed E-state index contributed by atoms with van der Waals surface area (Å²) < 4.78 is 0. The third kappa shape index (κ3) is 4.08. The van der Waals surface area contributed by atoms with Crippen LogP contribution < -0.4 is 0 Å². The SMILES string of the molecule is N#Cc1ccc(/[C]=N\OCc2ccc(-c3ccccc3)cc2)cc1. The lowest BCUT2D eigenvalue weighted by Gasteiger charge is -2.03. The highest BCUT2D eigenvalue weighted by Gasteiger charge is 1.98. The topological polar surface area (TPSA) is 45.4 Å². The monoisotopic (exact) mass is 311 g/mol. The average molecular weight is 311 g/mol. The number of rotatable bonds is 5. The van der Waals surface area contributed by atoms with Gasteiger partial charge in [-0.25, -0.2) is 0 Å². The first-order valence-corrected chi connectivity index (χ1v) is 7.58. The molecular formula is C21H15N2O. The molecule has 0 aromatic heterocycles. The van der Waals surface area contributed by atoms with Crippen LogP contribution in [0, 0.1) is 11.3 Å². The number of nitriles is 1. The molecule has 0 fully saturated rings.